The zero-order chi connectivity index (χ0) is 18.7. The predicted molar refractivity (Wildman–Crippen MR) is 92.5 cm³/mol. The third-order valence-electron chi connectivity index (χ3n) is 4.15. The van der Waals surface area contributed by atoms with Gasteiger partial charge in [-0.3, -0.25) is 19.7 Å². The minimum Gasteiger partial charge on any atom is -0.497 e. The van der Waals surface area contributed by atoms with Crippen molar-refractivity contribution in [3.63, 3.8) is 0 Å². The van der Waals surface area contributed by atoms with E-state index in [2.05, 4.69) is 0 Å². The van der Waals surface area contributed by atoms with Crippen molar-refractivity contribution in [3.8, 4) is 5.75 Å². The molecule has 1 fully saturated rings. The molecule has 0 aromatic heterocycles. The molecule has 8 nitrogen and oxygen atoms in total. The van der Waals surface area contributed by atoms with Gasteiger partial charge in [0.2, 0.25) is 5.91 Å². The first kappa shape index (κ1) is 17.4. The number of ether oxygens (including phenoxy) is 1. The Labute approximate surface area is 149 Å². The molecule has 2 amide bonds. The lowest BCUT2D eigenvalue weighted by Crippen LogP contribution is -2.31. The third-order valence-corrected chi connectivity index (χ3v) is 4.15. The van der Waals surface area contributed by atoms with E-state index in [4.69, 9.17) is 4.74 Å². The Morgan fingerprint density at radius 2 is 1.96 bits per heavy atom. The first-order valence-electron chi connectivity index (χ1n) is 7.93. The van der Waals surface area contributed by atoms with Crippen molar-refractivity contribution in [1.29, 1.82) is 0 Å². The second-order valence-corrected chi connectivity index (χ2v) is 5.86. The van der Waals surface area contributed by atoms with Crippen molar-refractivity contribution in [2.45, 2.75) is 6.54 Å². The summed E-state index contributed by atoms with van der Waals surface area (Å²) < 4.78 is 5.05. The van der Waals surface area contributed by atoms with Gasteiger partial charge < -0.3 is 14.5 Å². The number of nitro groups is 1. The van der Waals surface area contributed by atoms with Gasteiger partial charge in [0, 0.05) is 12.6 Å². The summed E-state index contributed by atoms with van der Waals surface area (Å²) in [6.07, 6.45) is 0. The van der Waals surface area contributed by atoms with Gasteiger partial charge >= 0.3 is 0 Å². The number of carbonyl (C=O) groups is 2. The molecule has 1 aliphatic rings. The number of hydrogen-bond acceptors (Lipinski definition) is 5. The standard InChI is InChI=1S/C18H17N3O5/c1-26-14-7-8-16(21(24)25)15(9-14)18(23)20-11-17(22)19(12-20)10-13-5-3-2-4-6-13/h2-9H,10-12H2,1H3. The van der Waals surface area contributed by atoms with Crippen LogP contribution in [0.1, 0.15) is 15.9 Å². The predicted octanol–water partition coefficient (Wildman–Crippen LogP) is 2.05. The summed E-state index contributed by atoms with van der Waals surface area (Å²) in [4.78, 5) is 38.5. The lowest BCUT2D eigenvalue weighted by atomic mass is 10.1. The van der Waals surface area contributed by atoms with E-state index in [0.717, 1.165) is 5.56 Å². The van der Waals surface area contributed by atoms with E-state index in [1.165, 1.54) is 30.2 Å². The molecule has 0 unspecified atom stereocenters. The van der Waals surface area contributed by atoms with E-state index in [1.807, 2.05) is 30.3 Å². The molecule has 2 aromatic rings. The molecule has 0 aliphatic carbocycles. The van der Waals surface area contributed by atoms with Gasteiger partial charge in [-0.2, -0.15) is 0 Å². The van der Waals surface area contributed by atoms with Crippen molar-refractivity contribution >= 4 is 17.5 Å². The molecule has 0 atom stereocenters. The van der Waals surface area contributed by atoms with E-state index in [9.17, 15) is 19.7 Å². The zero-order valence-electron chi connectivity index (χ0n) is 14.1. The van der Waals surface area contributed by atoms with E-state index in [-0.39, 0.29) is 30.4 Å². The molecule has 1 aliphatic heterocycles. The highest BCUT2D eigenvalue weighted by atomic mass is 16.6. The van der Waals surface area contributed by atoms with Crippen molar-refractivity contribution in [2.75, 3.05) is 20.3 Å². The largest absolute Gasteiger partial charge is 0.497 e. The highest BCUT2D eigenvalue weighted by molar-refractivity contribution is 6.01. The average molecular weight is 355 g/mol. The summed E-state index contributed by atoms with van der Waals surface area (Å²) in [5.41, 5.74) is 0.538. The second kappa shape index (κ2) is 7.22. The summed E-state index contributed by atoms with van der Waals surface area (Å²) in [7, 11) is 1.41. The third kappa shape index (κ3) is 3.49. The molecule has 0 radical (unpaired) electrons. The molecule has 134 valence electrons. The first-order valence-corrected chi connectivity index (χ1v) is 7.93. The number of nitrogens with zero attached hydrogens (tertiary/aromatic N) is 3. The smallest absolute Gasteiger partial charge is 0.282 e. The number of methoxy groups -OCH3 is 1. The maximum atomic E-state index is 12.8. The van der Waals surface area contributed by atoms with Crippen LogP contribution in [-0.2, 0) is 11.3 Å². The number of amides is 2. The Morgan fingerprint density at radius 1 is 1.23 bits per heavy atom. The van der Waals surface area contributed by atoms with Gasteiger partial charge in [-0.1, -0.05) is 30.3 Å². The minimum absolute atomic E-state index is 0.0843. The highest BCUT2D eigenvalue weighted by Crippen LogP contribution is 2.26. The zero-order valence-corrected chi connectivity index (χ0v) is 14.1. The fourth-order valence-electron chi connectivity index (χ4n) is 2.82. The van der Waals surface area contributed by atoms with E-state index in [1.54, 1.807) is 4.90 Å². The summed E-state index contributed by atoms with van der Waals surface area (Å²) in [6, 6.07) is 13.4. The van der Waals surface area contributed by atoms with Gasteiger partial charge in [0.05, 0.1) is 18.7 Å². The van der Waals surface area contributed by atoms with Crippen LogP contribution in [0.4, 0.5) is 5.69 Å². The Kier molecular flexibility index (Phi) is 4.83. The molecule has 8 heteroatoms. The SMILES string of the molecule is COc1ccc([N+](=O)[O-])c(C(=O)N2CC(=O)N(Cc3ccccc3)C2)c1. The lowest BCUT2D eigenvalue weighted by molar-refractivity contribution is -0.385. The fraction of sp³-hybridized carbons (Fsp3) is 0.222. The van der Waals surface area contributed by atoms with E-state index in [0.29, 0.717) is 12.3 Å². The Morgan fingerprint density at radius 3 is 2.62 bits per heavy atom. The van der Waals surface area contributed by atoms with Crippen molar-refractivity contribution in [2.24, 2.45) is 0 Å². The quantitative estimate of drug-likeness (QED) is 0.604. The first-order chi connectivity index (χ1) is 12.5. The summed E-state index contributed by atoms with van der Waals surface area (Å²) in [5.74, 6) is -0.433. The van der Waals surface area contributed by atoms with Gasteiger partial charge in [0.25, 0.3) is 11.6 Å². The minimum atomic E-state index is -0.619. The van der Waals surface area contributed by atoms with Gasteiger partial charge in [-0.25, -0.2) is 0 Å². The van der Waals surface area contributed by atoms with Gasteiger partial charge in [0.15, 0.2) is 0 Å². The summed E-state index contributed by atoms with van der Waals surface area (Å²) in [6.45, 7) is 0.352. The van der Waals surface area contributed by atoms with Crippen LogP contribution in [0, 0.1) is 10.1 Å². The van der Waals surface area contributed by atoms with Crippen molar-refractivity contribution < 1.29 is 19.2 Å². The number of benzene rings is 2. The molecule has 0 bridgehead atoms. The molecule has 3 rings (SSSR count). The Hall–Kier alpha value is -3.42. The molecule has 1 saturated heterocycles. The maximum Gasteiger partial charge on any atom is 0.282 e. The molecular weight excluding hydrogens is 338 g/mol. The summed E-state index contributed by atoms with van der Waals surface area (Å²) >= 11 is 0. The van der Waals surface area contributed by atoms with E-state index < -0.39 is 10.8 Å². The van der Waals surface area contributed by atoms with Gasteiger partial charge in [-0.05, 0) is 17.7 Å². The van der Waals surface area contributed by atoms with Crippen LogP contribution < -0.4 is 4.74 Å². The van der Waals surface area contributed by atoms with Crippen LogP contribution in [-0.4, -0.2) is 46.9 Å². The Bertz CT molecular complexity index is 853. The molecule has 0 saturated carbocycles. The molecule has 1 heterocycles. The van der Waals surface area contributed by atoms with Crippen LogP contribution in [0.5, 0.6) is 5.75 Å². The number of carbonyl (C=O) groups excluding carboxylic acids is 2. The second-order valence-electron chi connectivity index (χ2n) is 5.86. The lowest BCUT2D eigenvalue weighted by Gasteiger charge is -2.18. The van der Waals surface area contributed by atoms with Gasteiger partial charge in [-0.15, -0.1) is 0 Å². The fourth-order valence-corrected chi connectivity index (χ4v) is 2.82. The average Bonchev–Trinajstić information content (AvgIpc) is 3.01. The maximum absolute atomic E-state index is 12.8. The van der Waals surface area contributed by atoms with Crippen LogP contribution in [0.2, 0.25) is 0 Å². The molecule has 0 spiro atoms. The van der Waals surface area contributed by atoms with Crippen molar-refractivity contribution in [1.82, 2.24) is 9.80 Å². The van der Waals surface area contributed by atoms with E-state index >= 15 is 0 Å². The topological polar surface area (TPSA) is 93.0 Å². The number of rotatable bonds is 5. The van der Waals surface area contributed by atoms with Crippen molar-refractivity contribution in [3.05, 3.63) is 69.8 Å². The molecular formula is C18H17N3O5. The molecule has 0 N–H and O–H groups in total. The van der Waals surface area contributed by atoms with Crippen LogP contribution in [0.25, 0.3) is 0 Å². The number of nitro benzene ring substituents is 1. The molecule has 2 aromatic carbocycles. The monoisotopic (exact) mass is 355 g/mol. The Balaban J connectivity index is 1.81. The van der Waals surface area contributed by atoms with Crippen LogP contribution >= 0.6 is 0 Å². The molecule has 26 heavy (non-hydrogen) atoms. The highest BCUT2D eigenvalue weighted by Gasteiger charge is 2.34. The van der Waals surface area contributed by atoms with Crippen LogP contribution in [0.15, 0.2) is 48.5 Å². The van der Waals surface area contributed by atoms with Gasteiger partial charge in [0.1, 0.15) is 17.9 Å². The van der Waals surface area contributed by atoms with Crippen LogP contribution in [0.3, 0.4) is 0 Å². The summed E-state index contributed by atoms with van der Waals surface area (Å²) in [5, 5.41) is 11.2. The number of hydrogen-bond donors (Lipinski definition) is 0. The normalized spacial score (nSPS) is 13.8.